The highest BCUT2D eigenvalue weighted by Crippen LogP contribution is 2.35. The zero-order valence-corrected chi connectivity index (χ0v) is 27.8. The lowest BCUT2D eigenvalue weighted by Gasteiger charge is -2.32. The van der Waals surface area contributed by atoms with Crippen LogP contribution in [0.15, 0.2) is 42.5 Å². The van der Waals surface area contributed by atoms with E-state index < -0.39 is 5.79 Å². The van der Waals surface area contributed by atoms with E-state index in [2.05, 4.69) is 34.9 Å². The van der Waals surface area contributed by atoms with E-state index in [9.17, 15) is 9.59 Å². The number of benzene rings is 2. The van der Waals surface area contributed by atoms with Gasteiger partial charge in [0.1, 0.15) is 11.9 Å². The highest BCUT2D eigenvalue weighted by Gasteiger charge is 2.33. The molecule has 1 saturated heterocycles. The van der Waals surface area contributed by atoms with Crippen LogP contribution < -0.4 is 15.4 Å². The Morgan fingerprint density at radius 3 is 2.59 bits per heavy atom. The molecule has 1 atom stereocenters. The highest BCUT2D eigenvalue weighted by atomic mass is 16.7. The Kier molecular flexibility index (Phi) is 12.6. The van der Waals surface area contributed by atoms with Crippen LogP contribution in [0, 0.1) is 0 Å². The van der Waals surface area contributed by atoms with Crippen LogP contribution in [0.5, 0.6) is 5.75 Å². The number of amides is 3. The van der Waals surface area contributed by atoms with Crippen LogP contribution in [0.3, 0.4) is 0 Å². The number of carbonyl (C=O) groups excluding carboxylic acids is 2. The van der Waals surface area contributed by atoms with Gasteiger partial charge in [-0.15, -0.1) is 0 Å². The van der Waals surface area contributed by atoms with Crippen molar-refractivity contribution in [3.8, 4) is 5.75 Å². The predicted octanol–water partition coefficient (Wildman–Crippen LogP) is 7.56. The van der Waals surface area contributed by atoms with Crippen molar-refractivity contribution >= 4 is 12.1 Å². The van der Waals surface area contributed by atoms with Crippen LogP contribution in [-0.4, -0.2) is 55.2 Å². The molecule has 0 radical (unpaired) electrons. The molecule has 46 heavy (non-hydrogen) atoms. The van der Waals surface area contributed by atoms with E-state index in [1.165, 1.54) is 24.8 Å². The number of ether oxygens (including phenoxy) is 4. The van der Waals surface area contributed by atoms with Crippen LogP contribution in [0.2, 0.25) is 0 Å². The molecule has 0 aromatic heterocycles. The van der Waals surface area contributed by atoms with E-state index in [1.54, 1.807) is 0 Å². The number of cyclic esters (lactones) is 1. The second-order valence-electron chi connectivity index (χ2n) is 13.4. The second-order valence-corrected chi connectivity index (χ2v) is 13.4. The van der Waals surface area contributed by atoms with Crippen LogP contribution in [0.25, 0.3) is 0 Å². The van der Waals surface area contributed by atoms with Crippen molar-refractivity contribution in [1.29, 1.82) is 0 Å². The van der Waals surface area contributed by atoms with Gasteiger partial charge in [0.05, 0.1) is 13.2 Å². The molecule has 0 bridgehead atoms. The normalized spacial score (nSPS) is 19.3. The summed E-state index contributed by atoms with van der Waals surface area (Å²) >= 11 is 0. The summed E-state index contributed by atoms with van der Waals surface area (Å²) in [6.45, 7) is 7.69. The maximum atomic E-state index is 12.5. The monoisotopic (exact) mass is 635 g/mol. The average Bonchev–Trinajstić information content (AvgIpc) is 3.42. The molecule has 0 spiro atoms. The fraction of sp³-hybridized carbons (Fsp3) is 0.622. The number of aryl methyl sites for hydroxylation is 1. The Bertz CT molecular complexity index is 1280. The largest absolute Gasteiger partial charge is 0.463 e. The summed E-state index contributed by atoms with van der Waals surface area (Å²) in [4.78, 5) is 26.5. The summed E-state index contributed by atoms with van der Waals surface area (Å²) in [5.74, 6) is 0.202. The van der Waals surface area contributed by atoms with Gasteiger partial charge in [0.15, 0.2) is 0 Å². The van der Waals surface area contributed by atoms with E-state index in [0.29, 0.717) is 32.3 Å². The van der Waals surface area contributed by atoms with E-state index >= 15 is 0 Å². The van der Waals surface area contributed by atoms with Crippen LogP contribution in [0.1, 0.15) is 113 Å². The molecule has 1 aliphatic carbocycles. The topological polar surface area (TPSA) is 98.4 Å². The van der Waals surface area contributed by atoms with Crippen LogP contribution in [-0.2, 0) is 33.8 Å². The summed E-state index contributed by atoms with van der Waals surface area (Å²) in [6.07, 6.45) is 12.7. The number of urea groups is 1. The molecule has 252 valence electrons. The molecular formula is C37H53N3O6. The molecule has 2 heterocycles. The van der Waals surface area contributed by atoms with Gasteiger partial charge in [-0.2, -0.15) is 0 Å². The number of rotatable bonds is 16. The molecule has 1 saturated carbocycles. The number of nitrogens with zero attached hydrogens (tertiary/aromatic N) is 1. The fourth-order valence-electron chi connectivity index (χ4n) is 6.48. The Balaban J connectivity index is 0.868. The third-order valence-corrected chi connectivity index (χ3v) is 9.13. The lowest BCUT2D eigenvalue weighted by atomic mass is 9.96. The third kappa shape index (κ3) is 10.6. The molecule has 1 unspecified atom stereocenters. The summed E-state index contributed by atoms with van der Waals surface area (Å²) in [5.41, 5.74) is 4.41. The van der Waals surface area contributed by atoms with Crippen LogP contribution >= 0.6 is 0 Å². The molecule has 9 nitrogen and oxygen atoms in total. The standard InChI is InChI=1S/C37H53N3O6/c1-37(2)44-27-31-24-30(18-19-33(31)46-37)34-26-40(36(42)45-34)20-9-3-4-10-21-43-22-11-8-13-28-14-12-15-29(23-28)25-38-35(41)39-32-16-6-5-7-17-32/h12,14-15,18-19,23-24,32,34H,3-11,13,16-17,20-22,25-27H2,1-2H3,(H2,38,39,41). The third-order valence-electron chi connectivity index (χ3n) is 9.13. The molecule has 3 amide bonds. The first-order valence-corrected chi connectivity index (χ1v) is 17.5. The number of nitrogens with one attached hydrogen (secondary N) is 2. The molecule has 2 aliphatic heterocycles. The van der Waals surface area contributed by atoms with Gasteiger partial charge in [-0.1, -0.05) is 62.4 Å². The maximum Gasteiger partial charge on any atom is 0.410 e. The summed E-state index contributed by atoms with van der Waals surface area (Å²) in [5, 5.41) is 6.13. The molecule has 2 aromatic rings. The predicted molar refractivity (Wildman–Crippen MR) is 178 cm³/mol. The fourth-order valence-corrected chi connectivity index (χ4v) is 6.48. The number of unbranched alkanes of at least 4 members (excludes halogenated alkanes) is 4. The van der Waals surface area contributed by atoms with Gasteiger partial charge in [0.2, 0.25) is 5.79 Å². The van der Waals surface area contributed by atoms with E-state index in [1.807, 2.05) is 36.9 Å². The smallest absolute Gasteiger partial charge is 0.410 e. The number of hydrogen-bond acceptors (Lipinski definition) is 6. The first-order valence-electron chi connectivity index (χ1n) is 17.5. The SMILES string of the molecule is CC1(C)OCc2cc(C3CN(CCCCCCOCCCCc4cccc(CNC(=O)NC5CCCCC5)c4)C(=O)O3)ccc2O1. The molecule has 2 fully saturated rings. The van der Waals surface area contributed by atoms with E-state index in [-0.39, 0.29) is 18.2 Å². The maximum absolute atomic E-state index is 12.5. The molecule has 5 rings (SSSR count). The minimum atomic E-state index is -0.625. The average molecular weight is 636 g/mol. The lowest BCUT2D eigenvalue weighted by molar-refractivity contribution is -0.180. The van der Waals surface area contributed by atoms with Crippen molar-refractivity contribution in [2.75, 3.05) is 26.3 Å². The van der Waals surface area contributed by atoms with E-state index in [0.717, 1.165) is 93.4 Å². The van der Waals surface area contributed by atoms with Crippen molar-refractivity contribution in [2.24, 2.45) is 0 Å². The molecule has 2 N–H and O–H groups in total. The van der Waals surface area contributed by atoms with Gasteiger partial charge < -0.3 is 34.5 Å². The highest BCUT2D eigenvalue weighted by molar-refractivity contribution is 5.74. The first-order chi connectivity index (χ1) is 22.3. The number of fused-ring (bicyclic) bond motifs is 1. The van der Waals surface area contributed by atoms with Crippen LogP contribution in [0.4, 0.5) is 9.59 Å². The Morgan fingerprint density at radius 2 is 1.74 bits per heavy atom. The van der Waals surface area contributed by atoms with Gasteiger partial charge in [0, 0.05) is 51.8 Å². The zero-order chi connectivity index (χ0) is 32.2. The summed E-state index contributed by atoms with van der Waals surface area (Å²) in [6, 6.07) is 14.7. The van der Waals surface area contributed by atoms with Crippen molar-refractivity contribution in [1.82, 2.24) is 15.5 Å². The van der Waals surface area contributed by atoms with Gasteiger partial charge in [-0.05, 0) is 73.8 Å². The Hall–Kier alpha value is -3.30. The minimum absolute atomic E-state index is 0.0577. The lowest BCUT2D eigenvalue weighted by Crippen LogP contribution is -2.42. The van der Waals surface area contributed by atoms with Crippen molar-refractivity contribution in [3.63, 3.8) is 0 Å². The summed E-state index contributed by atoms with van der Waals surface area (Å²) < 4.78 is 23.2. The summed E-state index contributed by atoms with van der Waals surface area (Å²) in [7, 11) is 0. The first kappa shape index (κ1) is 34.0. The Morgan fingerprint density at radius 1 is 0.957 bits per heavy atom. The zero-order valence-electron chi connectivity index (χ0n) is 27.8. The molecule has 9 heteroatoms. The van der Waals surface area contributed by atoms with E-state index in [4.69, 9.17) is 18.9 Å². The van der Waals surface area contributed by atoms with Crippen molar-refractivity contribution in [3.05, 3.63) is 64.7 Å². The Labute approximate surface area is 274 Å². The quantitative estimate of drug-likeness (QED) is 0.185. The second kappa shape index (κ2) is 17.0. The molecular weight excluding hydrogens is 582 g/mol. The van der Waals surface area contributed by atoms with Gasteiger partial charge in [-0.3, -0.25) is 0 Å². The van der Waals surface area contributed by atoms with Gasteiger partial charge in [0.25, 0.3) is 0 Å². The molecule has 3 aliphatic rings. The molecule has 2 aromatic carbocycles. The number of hydrogen-bond donors (Lipinski definition) is 2. The van der Waals surface area contributed by atoms with Crippen molar-refractivity contribution in [2.45, 2.75) is 122 Å². The van der Waals surface area contributed by atoms with Crippen molar-refractivity contribution < 1.29 is 28.5 Å². The number of carbonyl (C=O) groups is 2. The van der Waals surface area contributed by atoms with Gasteiger partial charge in [-0.25, -0.2) is 9.59 Å². The van der Waals surface area contributed by atoms with Gasteiger partial charge >= 0.3 is 12.1 Å². The minimum Gasteiger partial charge on any atom is -0.463 e.